The van der Waals surface area contributed by atoms with Gasteiger partial charge in [-0.3, -0.25) is 4.79 Å². The number of benzene rings is 1. The Labute approximate surface area is 171 Å². The van der Waals surface area contributed by atoms with Gasteiger partial charge in [0.05, 0.1) is 25.5 Å². The van der Waals surface area contributed by atoms with Crippen LogP contribution in [-0.4, -0.2) is 38.6 Å². The molecule has 1 aromatic carbocycles. The van der Waals surface area contributed by atoms with Gasteiger partial charge in [0.15, 0.2) is 0 Å². The molecule has 0 bridgehead atoms. The van der Waals surface area contributed by atoms with E-state index in [1.807, 2.05) is 6.07 Å². The van der Waals surface area contributed by atoms with Gasteiger partial charge in [0, 0.05) is 29.8 Å². The lowest BCUT2D eigenvalue weighted by Gasteiger charge is -2.25. The Morgan fingerprint density at radius 3 is 2.43 bits per heavy atom. The third-order valence-electron chi connectivity index (χ3n) is 4.55. The van der Waals surface area contributed by atoms with Gasteiger partial charge < -0.3 is 19.3 Å². The van der Waals surface area contributed by atoms with E-state index in [9.17, 15) is 14.4 Å². The maximum Gasteiger partial charge on any atom is 0.355 e. The van der Waals surface area contributed by atoms with Gasteiger partial charge in [0.2, 0.25) is 5.91 Å². The molecule has 0 saturated heterocycles. The molecule has 2 aliphatic heterocycles. The van der Waals surface area contributed by atoms with Crippen LogP contribution in [0.4, 0.5) is 11.4 Å². The van der Waals surface area contributed by atoms with E-state index in [0.717, 1.165) is 15.7 Å². The number of rotatable bonds is 3. The fourth-order valence-corrected chi connectivity index (χ4v) is 4.00. The summed E-state index contributed by atoms with van der Waals surface area (Å²) in [5, 5.41) is 0. The molecule has 2 heterocycles. The predicted octanol–water partition coefficient (Wildman–Crippen LogP) is 2.85. The van der Waals surface area contributed by atoms with Crippen molar-refractivity contribution in [2.75, 3.05) is 30.6 Å². The van der Waals surface area contributed by atoms with Crippen molar-refractivity contribution >= 4 is 45.2 Å². The summed E-state index contributed by atoms with van der Waals surface area (Å²) in [5.74, 6) is -1.35. The number of ether oxygens (including phenoxy) is 2. The van der Waals surface area contributed by atoms with Gasteiger partial charge in [-0.15, -0.1) is 0 Å². The standard InChI is InChI=1S/C20H19BrN2O5/c1-12(24)22-9-7-13-10-14(11-16(21)17(13)22)23-8-5-4-6-15(19(25)27-2)18(23)20(26)28-3/h4-6,8,10-11H,7,9H2,1-3H3. The molecular formula is C20H19BrN2O5. The Kier molecular flexibility index (Phi) is 5.69. The van der Waals surface area contributed by atoms with E-state index >= 15 is 0 Å². The predicted molar refractivity (Wildman–Crippen MR) is 108 cm³/mol. The lowest BCUT2D eigenvalue weighted by Crippen LogP contribution is -2.27. The van der Waals surface area contributed by atoms with Crippen LogP contribution < -0.4 is 9.80 Å². The van der Waals surface area contributed by atoms with Gasteiger partial charge in [-0.2, -0.15) is 0 Å². The van der Waals surface area contributed by atoms with Crippen LogP contribution in [0.5, 0.6) is 0 Å². The average molecular weight is 447 g/mol. The molecule has 0 N–H and O–H groups in total. The molecule has 0 fully saturated rings. The molecule has 0 aliphatic carbocycles. The van der Waals surface area contributed by atoms with Gasteiger partial charge in [0.25, 0.3) is 0 Å². The quantitative estimate of drug-likeness (QED) is 0.664. The molecular weight excluding hydrogens is 428 g/mol. The van der Waals surface area contributed by atoms with E-state index in [4.69, 9.17) is 9.47 Å². The number of amides is 1. The van der Waals surface area contributed by atoms with E-state index in [0.29, 0.717) is 18.7 Å². The normalized spacial score (nSPS) is 15.4. The Hall–Kier alpha value is -2.87. The van der Waals surface area contributed by atoms with Crippen LogP contribution in [0, 0.1) is 0 Å². The van der Waals surface area contributed by atoms with Crippen LogP contribution in [0.1, 0.15) is 12.5 Å². The summed E-state index contributed by atoms with van der Waals surface area (Å²) < 4.78 is 10.5. The number of hydrogen-bond acceptors (Lipinski definition) is 6. The fraction of sp³-hybridized carbons (Fsp3) is 0.250. The molecule has 0 radical (unpaired) electrons. The van der Waals surface area contributed by atoms with E-state index in [2.05, 4.69) is 15.9 Å². The second-order valence-corrected chi connectivity index (χ2v) is 7.03. The highest BCUT2D eigenvalue weighted by Crippen LogP contribution is 2.40. The fourth-order valence-electron chi connectivity index (χ4n) is 3.30. The summed E-state index contributed by atoms with van der Waals surface area (Å²) in [4.78, 5) is 40.0. The monoisotopic (exact) mass is 446 g/mol. The number of carbonyl (C=O) groups excluding carboxylic acids is 3. The first-order valence-corrected chi connectivity index (χ1v) is 9.33. The van der Waals surface area contributed by atoms with Gasteiger partial charge >= 0.3 is 11.9 Å². The molecule has 0 aromatic heterocycles. The maximum atomic E-state index is 12.5. The zero-order valence-corrected chi connectivity index (χ0v) is 17.3. The molecule has 146 valence electrons. The molecule has 0 atom stereocenters. The summed E-state index contributed by atoms with van der Waals surface area (Å²) in [7, 11) is 2.51. The Morgan fingerprint density at radius 1 is 1.07 bits per heavy atom. The first kappa shape index (κ1) is 19.9. The minimum absolute atomic E-state index is 0.0332. The van der Waals surface area contributed by atoms with Crippen LogP contribution in [0.2, 0.25) is 0 Å². The lowest BCUT2D eigenvalue weighted by molar-refractivity contribution is -0.139. The smallest absolute Gasteiger partial charge is 0.355 e. The summed E-state index contributed by atoms with van der Waals surface area (Å²) in [6, 6.07) is 3.70. The molecule has 8 heteroatoms. The largest absolute Gasteiger partial charge is 0.465 e. The van der Waals surface area contributed by atoms with Crippen LogP contribution in [0.25, 0.3) is 0 Å². The maximum absolute atomic E-state index is 12.5. The van der Waals surface area contributed by atoms with Crippen molar-refractivity contribution in [3.8, 4) is 0 Å². The first-order chi connectivity index (χ1) is 13.4. The third kappa shape index (κ3) is 3.47. The lowest BCUT2D eigenvalue weighted by atomic mass is 10.1. The molecule has 0 saturated carbocycles. The van der Waals surface area contributed by atoms with Crippen molar-refractivity contribution in [3.63, 3.8) is 0 Å². The average Bonchev–Trinajstić information content (AvgIpc) is 2.99. The Balaban J connectivity index is 2.16. The molecule has 7 nitrogen and oxygen atoms in total. The van der Waals surface area contributed by atoms with Crippen LogP contribution >= 0.6 is 15.9 Å². The minimum Gasteiger partial charge on any atom is -0.465 e. The van der Waals surface area contributed by atoms with Gasteiger partial charge in [0.1, 0.15) is 5.70 Å². The second-order valence-electron chi connectivity index (χ2n) is 6.17. The van der Waals surface area contributed by atoms with Crippen molar-refractivity contribution in [1.82, 2.24) is 0 Å². The second kappa shape index (κ2) is 8.02. The number of anilines is 2. The number of esters is 2. The molecule has 3 rings (SSSR count). The summed E-state index contributed by atoms with van der Waals surface area (Å²) >= 11 is 3.54. The van der Waals surface area contributed by atoms with E-state index in [-0.39, 0.29) is 17.2 Å². The number of nitrogens with zero attached hydrogens (tertiary/aromatic N) is 2. The number of halogens is 1. The highest BCUT2D eigenvalue weighted by Gasteiger charge is 2.30. The molecule has 1 amide bonds. The molecule has 1 aromatic rings. The Bertz CT molecular complexity index is 948. The number of fused-ring (bicyclic) bond motifs is 1. The highest BCUT2D eigenvalue weighted by atomic mass is 79.9. The zero-order valence-electron chi connectivity index (χ0n) is 15.7. The summed E-state index contributed by atoms with van der Waals surface area (Å²) in [5.41, 5.74) is 2.57. The summed E-state index contributed by atoms with van der Waals surface area (Å²) in [6.45, 7) is 2.12. The number of methoxy groups -OCH3 is 2. The topological polar surface area (TPSA) is 76.2 Å². The third-order valence-corrected chi connectivity index (χ3v) is 5.15. The van der Waals surface area contributed by atoms with Crippen molar-refractivity contribution in [1.29, 1.82) is 0 Å². The molecule has 2 aliphatic rings. The molecule has 0 unspecified atom stereocenters. The Morgan fingerprint density at radius 2 is 1.79 bits per heavy atom. The van der Waals surface area contributed by atoms with Crippen LogP contribution in [-0.2, 0) is 30.3 Å². The van der Waals surface area contributed by atoms with E-state index in [1.165, 1.54) is 27.2 Å². The number of allylic oxidation sites excluding steroid dienone is 2. The molecule has 28 heavy (non-hydrogen) atoms. The van der Waals surface area contributed by atoms with Crippen molar-refractivity contribution in [2.24, 2.45) is 0 Å². The minimum atomic E-state index is -0.668. The first-order valence-electron chi connectivity index (χ1n) is 8.54. The zero-order chi connectivity index (χ0) is 20.4. The van der Waals surface area contributed by atoms with Crippen molar-refractivity contribution in [2.45, 2.75) is 13.3 Å². The van der Waals surface area contributed by atoms with Crippen molar-refractivity contribution < 1.29 is 23.9 Å². The van der Waals surface area contributed by atoms with Gasteiger partial charge in [-0.1, -0.05) is 6.08 Å². The SMILES string of the molecule is COC(=O)C1=C(C(=O)OC)N(c2cc(Br)c3c(c2)CCN3C(C)=O)C=CC=C1. The van der Waals surface area contributed by atoms with E-state index < -0.39 is 11.9 Å². The van der Waals surface area contributed by atoms with Crippen LogP contribution in [0.3, 0.4) is 0 Å². The van der Waals surface area contributed by atoms with Gasteiger partial charge in [-0.25, -0.2) is 9.59 Å². The molecule has 0 spiro atoms. The van der Waals surface area contributed by atoms with Crippen LogP contribution in [0.15, 0.2) is 52.3 Å². The van der Waals surface area contributed by atoms with E-state index in [1.54, 1.807) is 34.2 Å². The highest BCUT2D eigenvalue weighted by molar-refractivity contribution is 9.10. The number of carbonyl (C=O) groups is 3. The summed E-state index contributed by atoms with van der Waals surface area (Å²) in [6.07, 6.45) is 7.23. The number of hydrogen-bond donors (Lipinski definition) is 0. The van der Waals surface area contributed by atoms with Gasteiger partial charge in [-0.05, 0) is 52.2 Å². The van der Waals surface area contributed by atoms with Crippen molar-refractivity contribution in [3.05, 3.63) is 57.9 Å².